The Hall–Kier alpha value is -2.27. The van der Waals surface area contributed by atoms with Crippen molar-refractivity contribution in [3.8, 4) is 16.9 Å². The zero-order chi connectivity index (χ0) is 21.5. The SMILES string of the molecule is C=CCCCOc1ccc(-c2ccc(C3CCC(CCC)OC3)c(F)c2)c(F)c1F. The van der Waals surface area contributed by atoms with Crippen molar-refractivity contribution in [1.29, 1.82) is 0 Å². The van der Waals surface area contributed by atoms with Gasteiger partial charge in [0.05, 0.1) is 19.3 Å². The van der Waals surface area contributed by atoms with Gasteiger partial charge in [-0.25, -0.2) is 8.78 Å². The summed E-state index contributed by atoms with van der Waals surface area (Å²) in [6, 6.07) is 7.38. The maximum Gasteiger partial charge on any atom is 0.201 e. The molecule has 2 aromatic rings. The molecule has 30 heavy (non-hydrogen) atoms. The van der Waals surface area contributed by atoms with Crippen LogP contribution in [0.5, 0.6) is 5.75 Å². The van der Waals surface area contributed by atoms with E-state index in [1.807, 2.05) is 0 Å². The van der Waals surface area contributed by atoms with E-state index in [1.54, 1.807) is 18.2 Å². The van der Waals surface area contributed by atoms with Gasteiger partial charge in [-0.15, -0.1) is 6.58 Å². The molecule has 1 saturated heterocycles. The van der Waals surface area contributed by atoms with Gasteiger partial charge in [0.1, 0.15) is 5.82 Å². The molecule has 1 aliphatic heterocycles. The second-order valence-corrected chi connectivity index (χ2v) is 7.77. The van der Waals surface area contributed by atoms with Gasteiger partial charge in [0.15, 0.2) is 11.6 Å². The molecule has 0 aromatic heterocycles. The van der Waals surface area contributed by atoms with E-state index in [0.717, 1.165) is 32.1 Å². The van der Waals surface area contributed by atoms with Gasteiger partial charge in [-0.2, -0.15) is 4.39 Å². The number of hydrogen-bond acceptors (Lipinski definition) is 2. The van der Waals surface area contributed by atoms with Gasteiger partial charge in [-0.05, 0) is 61.4 Å². The highest BCUT2D eigenvalue weighted by atomic mass is 19.2. The van der Waals surface area contributed by atoms with E-state index in [-0.39, 0.29) is 29.9 Å². The van der Waals surface area contributed by atoms with Gasteiger partial charge in [0.2, 0.25) is 5.82 Å². The van der Waals surface area contributed by atoms with Gasteiger partial charge < -0.3 is 9.47 Å². The van der Waals surface area contributed by atoms with Gasteiger partial charge >= 0.3 is 0 Å². The molecule has 2 aromatic carbocycles. The minimum atomic E-state index is -1.06. The molecule has 1 fully saturated rings. The standard InChI is InChI=1S/C25H29F3O2/c1-3-5-6-14-29-23-13-12-21(24(27)25(23)28)17-9-11-20(22(26)15-17)18-8-10-19(7-4-2)30-16-18/h3,9,11-13,15,18-19H,1,4-8,10,14,16H2,2H3. The summed E-state index contributed by atoms with van der Waals surface area (Å²) < 4.78 is 55.0. The Labute approximate surface area is 176 Å². The number of rotatable bonds is 9. The molecule has 0 amide bonds. The summed E-state index contributed by atoms with van der Waals surface area (Å²) in [6.45, 7) is 6.49. The van der Waals surface area contributed by atoms with E-state index in [4.69, 9.17) is 9.47 Å². The summed E-state index contributed by atoms with van der Waals surface area (Å²) in [4.78, 5) is 0. The fourth-order valence-electron chi connectivity index (χ4n) is 3.90. The highest BCUT2D eigenvalue weighted by molar-refractivity contribution is 5.66. The summed E-state index contributed by atoms with van der Waals surface area (Å²) >= 11 is 0. The Morgan fingerprint density at radius 2 is 1.97 bits per heavy atom. The third kappa shape index (κ3) is 5.25. The van der Waals surface area contributed by atoms with Crippen LogP contribution in [0.3, 0.4) is 0 Å². The Morgan fingerprint density at radius 3 is 2.63 bits per heavy atom. The quantitative estimate of drug-likeness (QED) is 0.317. The first-order valence-corrected chi connectivity index (χ1v) is 10.7. The Bertz CT molecular complexity index is 858. The van der Waals surface area contributed by atoms with Crippen molar-refractivity contribution in [2.24, 2.45) is 0 Å². The minimum Gasteiger partial charge on any atom is -0.490 e. The van der Waals surface area contributed by atoms with Crippen molar-refractivity contribution < 1.29 is 22.6 Å². The Kier molecular flexibility index (Phi) is 7.97. The number of allylic oxidation sites excluding steroid dienone is 1. The lowest BCUT2D eigenvalue weighted by atomic mass is 9.89. The maximum absolute atomic E-state index is 14.8. The Morgan fingerprint density at radius 1 is 1.13 bits per heavy atom. The third-order valence-electron chi connectivity index (χ3n) is 5.59. The van der Waals surface area contributed by atoms with Crippen LogP contribution in [0.15, 0.2) is 43.0 Å². The van der Waals surface area contributed by atoms with Crippen LogP contribution in [0.4, 0.5) is 13.2 Å². The number of halogens is 3. The highest BCUT2D eigenvalue weighted by Gasteiger charge is 2.25. The van der Waals surface area contributed by atoms with Crippen LogP contribution >= 0.6 is 0 Å². The third-order valence-corrected chi connectivity index (χ3v) is 5.59. The lowest BCUT2D eigenvalue weighted by molar-refractivity contribution is -0.00172. The van der Waals surface area contributed by atoms with Gasteiger partial charge in [-0.1, -0.05) is 31.6 Å². The fourth-order valence-corrected chi connectivity index (χ4v) is 3.90. The lowest BCUT2D eigenvalue weighted by Crippen LogP contribution is -2.25. The van der Waals surface area contributed by atoms with E-state index in [1.165, 1.54) is 18.2 Å². The predicted octanol–water partition coefficient (Wildman–Crippen LogP) is 7.18. The molecule has 0 spiro atoms. The van der Waals surface area contributed by atoms with Crippen LogP contribution < -0.4 is 4.74 Å². The van der Waals surface area contributed by atoms with Crippen LogP contribution in [0.25, 0.3) is 11.1 Å². The zero-order valence-electron chi connectivity index (χ0n) is 17.4. The predicted molar refractivity (Wildman–Crippen MR) is 113 cm³/mol. The van der Waals surface area contributed by atoms with Crippen LogP contribution in [0.2, 0.25) is 0 Å². The number of ether oxygens (including phenoxy) is 2. The second-order valence-electron chi connectivity index (χ2n) is 7.77. The van der Waals surface area contributed by atoms with Crippen molar-refractivity contribution in [3.63, 3.8) is 0 Å². The molecule has 3 rings (SSSR count). The van der Waals surface area contributed by atoms with Crippen LogP contribution in [0, 0.1) is 17.5 Å². The highest BCUT2D eigenvalue weighted by Crippen LogP contribution is 2.35. The van der Waals surface area contributed by atoms with E-state index < -0.39 is 17.5 Å². The van der Waals surface area contributed by atoms with Crippen molar-refractivity contribution in [3.05, 3.63) is 66.0 Å². The Balaban J connectivity index is 1.73. The first-order chi connectivity index (χ1) is 14.5. The molecule has 2 atom stereocenters. The van der Waals surface area contributed by atoms with E-state index >= 15 is 0 Å². The number of benzene rings is 2. The van der Waals surface area contributed by atoms with E-state index in [9.17, 15) is 13.2 Å². The van der Waals surface area contributed by atoms with Crippen molar-refractivity contribution >= 4 is 0 Å². The molecule has 5 heteroatoms. The van der Waals surface area contributed by atoms with E-state index in [0.29, 0.717) is 24.2 Å². The van der Waals surface area contributed by atoms with Gasteiger partial charge in [-0.3, -0.25) is 0 Å². The molecule has 2 unspecified atom stereocenters. The summed E-state index contributed by atoms with van der Waals surface area (Å²) in [6.07, 6.45) is 7.26. The molecule has 2 nitrogen and oxygen atoms in total. The largest absolute Gasteiger partial charge is 0.490 e. The summed E-state index contributed by atoms with van der Waals surface area (Å²) in [5, 5.41) is 0. The lowest BCUT2D eigenvalue weighted by Gasteiger charge is -2.29. The van der Waals surface area contributed by atoms with Crippen molar-refractivity contribution in [2.75, 3.05) is 13.2 Å². The average Bonchev–Trinajstić information content (AvgIpc) is 2.75. The number of hydrogen-bond donors (Lipinski definition) is 0. The molecule has 0 saturated carbocycles. The smallest absolute Gasteiger partial charge is 0.201 e. The first-order valence-electron chi connectivity index (χ1n) is 10.7. The molecule has 1 heterocycles. The summed E-state index contributed by atoms with van der Waals surface area (Å²) in [5.41, 5.74) is 0.877. The van der Waals surface area contributed by atoms with Gasteiger partial charge in [0.25, 0.3) is 0 Å². The molecular formula is C25H29F3O2. The van der Waals surface area contributed by atoms with E-state index in [2.05, 4.69) is 13.5 Å². The maximum atomic E-state index is 14.8. The fraction of sp³-hybridized carbons (Fsp3) is 0.440. The molecular weight excluding hydrogens is 389 g/mol. The first kappa shape index (κ1) is 22.4. The van der Waals surface area contributed by atoms with Crippen molar-refractivity contribution in [2.45, 2.75) is 57.5 Å². The second kappa shape index (κ2) is 10.7. The van der Waals surface area contributed by atoms with Crippen LogP contribution in [-0.4, -0.2) is 19.3 Å². The van der Waals surface area contributed by atoms with Gasteiger partial charge in [0, 0.05) is 11.5 Å². The summed E-state index contributed by atoms with van der Waals surface area (Å²) in [5.74, 6) is -2.66. The molecule has 1 aliphatic rings. The minimum absolute atomic E-state index is 0.0132. The normalized spacial score (nSPS) is 18.9. The van der Waals surface area contributed by atoms with Crippen LogP contribution in [-0.2, 0) is 4.74 Å². The molecule has 0 aliphatic carbocycles. The van der Waals surface area contributed by atoms with Crippen LogP contribution in [0.1, 0.15) is 56.9 Å². The van der Waals surface area contributed by atoms with Crippen molar-refractivity contribution in [1.82, 2.24) is 0 Å². The zero-order valence-corrected chi connectivity index (χ0v) is 17.4. The molecule has 0 N–H and O–H groups in total. The summed E-state index contributed by atoms with van der Waals surface area (Å²) in [7, 11) is 0. The topological polar surface area (TPSA) is 18.5 Å². The molecule has 0 radical (unpaired) electrons. The average molecular weight is 418 g/mol. The molecule has 162 valence electrons. The molecule has 0 bridgehead atoms. The monoisotopic (exact) mass is 418 g/mol. The number of unbranched alkanes of at least 4 members (excludes halogenated alkanes) is 1.